The van der Waals surface area contributed by atoms with Gasteiger partial charge in [-0.1, -0.05) is 6.07 Å². The van der Waals surface area contributed by atoms with Gasteiger partial charge in [0.1, 0.15) is 47.2 Å². The maximum atomic E-state index is 13.3. The van der Waals surface area contributed by atoms with Gasteiger partial charge >= 0.3 is 0 Å². The van der Waals surface area contributed by atoms with E-state index in [0.717, 1.165) is 24.3 Å². The summed E-state index contributed by atoms with van der Waals surface area (Å²) in [7, 11) is 0. The topological polar surface area (TPSA) is 207 Å². The molecule has 33 heavy (non-hydrogen) atoms. The largest absolute Gasteiger partial charge is 0.508 e. The third-order valence-electron chi connectivity index (χ3n) is 5.56. The third kappa shape index (κ3) is 4.04. The molecule has 178 valence electrons. The smallest absolute Gasteiger partial charge is 0.203 e. The number of rotatable bonds is 4. The molecule has 0 amide bonds. The number of aromatic hydroxyl groups is 4. The lowest BCUT2D eigenvalue weighted by molar-refractivity contribution is -0.311. The second-order valence-electron chi connectivity index (χ2n) is 7.74. The molecule has 0 aliphatic carbocycles. The minimum Gasteiger partial charge on any atom is -0.508 e. The monoisotopic (exact) mass is 466 g/mol. The molecule has 7 atom stereocenters. The normalized spacial score (nSPS) is 31.6. The summed E-state index contributed by atoms with van der Waals surface area (Å²) in [6.45, 7) is -0.724. The zero-order valence-corrected chi connectivity index (χ0v) is 16.8. The van der Waals surface area contributed by atoms with E-state index in [1.165, 1.54) is 6.07 Å². The van der Waals surface area contributed by atoms with Crippen molar-refractivity contribution in [2.24, 2.45) is 0 Å². The van der Waals surface area contributed by atoms with E-state index in [9.17, 15) is 45.6 Å². The van der Waals surface area contributed by atoms with Gasteiger partial charge in [-0.15, -0.1) is 0 Å². The lowest BCUT2D eigenvalue weighted by Gasteiger charge is -2.42. The Balaban J connectivity index is 1.75. The summed E-state index contributed by atoms with van der Waals surface area (Å²) in [5.41, 5.74) is -0.191. The second-order valence-corrected chi connectivity index (χ2v) is 7.74. The van der Waals surface area contributed by atoms with Gasteiger partial charge in [-0.3, -0.25) is 4.79 Å². The number of carbonyl (C=O) groups is 1. The van der Waals surface area contributed by atoms with Crippen molar-refractivity contribution >= 4 is 5.78 Å². The number of aliphatic hydroxyl groups excluding tert-OH is 4. The van der Waals surface area contributed by atoms with Crippen LogP contribution in [-0.4, -0.2) is 90.1 Å². The van der Waals surface area contributed by atoms with Crippen LogP contribution in [0.1, 0.15) is 22.0 Å². The predicted octanol–water partition coefficient (Wildman–Crippen LogP) is -0.990. The van der Waals surface area contributed by atoms with Crippen molar-refractivity contribution < 1.29 is 59.9 Å². The molecule has 2 aromatic carbocycles. The van der Waals surface area contributed by atoms with E-state index in [0.29, 0.717) is 0 Å². The number of phenolic OH excluding ortho intramolecular Hbond substituents is 4. The fourth-order valence-electron chi connectivity index (χ4n) is 3.82. The molecule has 1 fully saturated rings. The molecule has 0 saturated carbocycles. The molecule has 0 aromatic heterocycles. The Kier molecular flexibility index (Phi) is 6.05. The molecule has 1 saturated heterocycles. The second kappa shape index (κ2) is 8.67. The zero-order valence-electron chi connectivity index (χ0n) is 16.8. The molecule has 12 heteroatoms. The summed E-state index contributed by atoms with van der Waals surface area (Å²) >= 11 is 0. The van der Waals surface area contributed by atoms with E-state index in [4.69, 9.17) is 14.2 Å². The summed E-state index contributed by atoms with van der Waals surface area (Å²) in [5, 5.41) is 79.2. The molecule has 2 aromatic rings. The molecule has 4 rings (SSSR count). The highest BCUT2D eigenvalue weighted by Crippen LogP contribution is 2.44. The first-order valence-corrected chi connectivity index (χ1v) is 9.87. The molecule has 8 N–H and O–H groups in total. The number of aliphatic hydroxyl groups is 4. The van der Waals surface area contributed by atoms with E-state index in [1.807, 2.05) is 0 Å². The number of phenols is 4. The van der Waals surface area contributed by atoms with Crippen molar-refractivity contribution in [3.63, 3.8) is 0 Å². The van der Waals surface area contributed by atoms with Crippen LogP contribution in [0.15, 0.2) is 30.3 Å². The lowest BCUT2D eigenvalue weighted by Crippen LogP contribution is -2.60. The van der Waals surface area contributed by atoms with Gasteiger partial charge in [0.05, 0.1) is 6.61 Å². The molecule has 0 spiro atoms. The summed E-state index contributed by atoms with van der Waals surface area (Å²) in [5.74, 6) is -3.00. The van der Waals surface area contributed by atoms with Crippen molar-refractivity contribution in [1.82, 2.24) is 0 Å². The molecule has 12 nitrogen and oxygen atoms in total. The molecule has 0 unspecified atom stereocenters. The Bertz CT molecular complexity index is 1050. The fraction of sp³-hybridized carbons (Fsp3) is 0.381. The van der Waals surface area contributed by atoms with Gasteiger partial charge < -0.3 is 55.1 Å². The van der Waals surface area contributed by atoms with Gasteiger partial charge in [-0.05, 0) is 17.7 Å². The van der Waals surface area contributed by atoms with Gasteiger partial charge in [0.2, 0.25) is 5.78 Å². The van der Waals surface area contributed by atoms with Gasteiger partial charge in [0.15, 0.2) is 30.0 Å². The molecule has 0 radical (unpaired) electrons. The SMILES string of the molecule is O=C1c2c(O)cc(O)cc2O[C@@H](c2ccc(O)c(O)c2)[C@@H]1O[C@@H]1O[C@H](CO)[C@H](O)[C@H](O)[C@H]1O. The molecule has 2 heterocycles. The summed E-state index contributed by atoms with van der Waals surface area (Å²) in [6, 6.07) is 5.57. The summed E-state index contributed by atoms with van der Waals surface area (Å²) < 4.78 is 16.7. The van der Waals surface area contributed by atoms with Crippen molar-refractivity contribution in [3.05, 3.63) is 41.5 Å². The van der Waals surface area contributed by atoms with Gasteiger partial charge in [-0.2, -0.15) is 0 Å². The maximum Gasteiger partial charge on any atom is 0.203 e. The number of ketones is 1. The van der Waals surface area contributed by atoms with Crippen LogP contribution in [0.5, 0.6) is 28.7 Å². The summed E-state index contributed by atoms with van der Waals surface area (Å²) in [4.78, 5) is 13.3. The van der Waals surface area contributed by atoms with Gasteiger partial charge in [-0.25, -0.2) is 0 Å². The molecule has 2 aliphatic heterocycles. The van der Waals surface area contributed by atoms with E-state index in [1.54, 1.807) is 0 Å². The molecular weight excluding hydrogens is 444 g/mol. The molecule has 0 bridgehead atoms. The highest BCUT2D eigenvalue weighted by atomic mass is 16.7. The first kappa shape index (κ1) is 23.0. The Morgan fingerprint density at radius 1 is 0.879 bits per heavy atom. The predicted molar refractivity (Wildman–Crippen MR) is 106 cm³/mol. The van der Waals surface area contributed by atoms with Crippen LogP contribution in [0.2, 0.25) is 0 Å². The lowest BCUT2D eigenvalue weighted by atomic mass is 9.92. The highest BCUT2D eigenvalue weighted by Gasteiger charge is 2.49. The number of carbonyl (C=O) groups excluding carboxylic acids is 1. The van der Waals surface area contributed by atoms with Crippen LogP contribution in [-0.2, 0) is 9.47 Å². The van der Waals surface area contributed by atoms with Gasteiger partial charge in [0, 0.05) is 12.1 Å². The maximum absolute atomic E-state index is 13.3. The number of hydrogen-bond donors (Lipinski definition) is 8. The van der Waals surface area contributed by atoms with Gasteiger partial charge in [0.25, 0.3) is 0 Å². The minimum atomic E-state index is -1.82. The Morgan fingerprint density at radius 2 is 1.61 bits per heavy atom. The van der Waals surface area contributed by atoms with Crippen LogP contribution in [0.3, 0.4) is 0 Å². The standard InChI is InChI=1S/C21H22O12/c22-6-13-15(27)17(29)18(30)21(32-13)33-20-16(28)14-11(26)4-8(23)5-12(14)31-19(20)7-1-2-9(24)10(25)3-7/h1-5,13,15,17-27,29-30H,6H2/t13-,15+,17+,18-,19+,20-,21+/m1/s1. The average Bonchev–Trinajstić information content (AvgIpc) is 2.76. The Morgan fingerprint density at radius 3 is 2.27 bits per heavy atom. The third-order valence-corrected chi connectivity index (χ3v) is 5.56. The number of ether oxygens (including phenoxy) is 3. The van der Waals surface area contributed by atoms with Crippen molar-refractivity contribution in [1.29, 1.82) is 0 Å². The highest BCUT2D eigenvalue weighted by molar-refractivity contribution is 6.05. The quantitative estimate of drug-likeness (QED) is 0.256. The van der Waals surface area contributed by atoms with E-state index >= 15 is 0 Å². The minimum absolute atomic E-state index is 0.140. The molecule has 2 aliphatic rings. The van der Waals surface area contributed by atoms with Crippen LogP contribution < -0.4 is 4.74 Å². The Labute approximate surface area is 186 Å². The van der Waals surface area contributed by atoms with E-state index in [2.05, 4.69) is 0 Å². The van der Waals surface area contributed by atoms with Crippen LogP contribution in [0.4, 0.5) is 0 Å². The Hall–Kier alpha value is -3.13. The van der Waals surface area contributed by atoms with E-state index in [-0.39, 0.29) is 22.6 Å². The number of Topliss-reactive ketones (excluding diaryl/α,β-unsaturated/α-hetero) is 1. The van der Waals surface area contributed by atoms with Crippen LogP contribution in [0.25, 0.3) is 0 Å². The fourth-order valence-corrected chi connectivity index (χ4v) is 3.82. The first-order valence-electron chi connectivity index (χ1n) is 9.87. The van der Waals surface area contributed by atoms with Crippen molar-refractivity contribution in [2.45, 2.75) is 42.9 Å². The number of fused-ring (bicyclic) bond motifs is 1. The van der Waals surface area contributed by atoms with Crippen LogP contribution >= 0.6 is 0 Å². The van der Waals surface area contributed by atoms with E-state index < -0.39 is 72.6 Å². The average molecular weight is 466 g/mol. The van der Waals surface area contributed by atoms with Crippen molar-refractivity contribution in [2.75, 3.05) is 6.61 Å². The zero-order chi connectivity index (χ0) is 24.0. The first-order chi connectivity index (χ1) is 15.6. The van der Waals surface area contributed by atoms with Crippen molar-refractivity contribution in [3.8, 4) is 28.7 Å². The molecular formula is C21H22O12. The number of benzene rings is 2. The number of hydrogen-bond acceptors (Lipinski definition) is 12. The van der Waals surface area contributed by atoms with Crippen LogP contribution in [0, 0.1) is 0 Å². The summed E-state index contributed by atoms with van der Waals surface area (Å²) in [6.07, 6.45) is -11.2.